The van der Waals surface area contributed by atoms with Gasteiger partial charge >= 0.3 is 0 Å². The van der Waals surface area contributed by atoms with Crippen molar-refractivity contribution in [3.63, 3.8) is 0 Å². The molecule has 3 amide bonds. The van der Waals surface area contributed by atoms with Crippen molar-refractivity contribution in [1.82, 2.24) is 9.80 Å². The minimum atomic E-state index is -0.989. The van der Waals surface area contributed by atoms with Crippen LogP contribution in [0.5, 0.6) is 0 Å². The zero-order valence-electron chi connectivity index (χ0n) is 16.3. The van der Waals surface area contributed by atoms with Gasteiger partial charge in [0.15, 0.2) is 0 Å². The van der Waals surface area contributed by atoms with Gasteiger partial charge in [-0.15, -0.1) is 0 Å². The molecule has 0 spiro atoms. The van der Waals surface area contributed by atoms with Gasteiger partial charge in [-0.2, -0.15) is 0 Å². The van der Waals surface area contributed by atoms with E-state index in [0.29, 0.717) is 29.8 Å². The lowest BCUT2D eigenvalue weighted by Gasteiger charge is -2.33. The van der Waals surface area contributed by atoms with Gasteiger partial charge in [0.2, 0.25) is 5.91 Å². The standard InChI is InChI=1S/C22H21N3O5/c26-20-17-6-2-3-7-18(17)21(27)24(20)19(22(28)23-12-4-1-5-13-23)14-15-8-10-16(11-9-15)25(29)30/h2-3,6-11,19H,1,4-5,12-14H2/t19-/m1/s1. The van der Waals surface area contributed by atoms with Crippen molar-refractivity contribution in [2.24, 2.45) is 0 Å². The lowest BCUT2D eigenvalue weighted by Crippen LogP contribution is -2.53. The fourth-order valence-corrected chi connectivity index (χ4v) is 4.08. The SMILES string of the molecule is O=C([C@@H](Cc1ccc([N+](=O)[O-])cc1)N1C(=O)c2ccccc2C1=O)N1CCCCC1. The van der Waals surface area contributed by atoms with Crippen molar-refractivity contribution < 1.29 is 19.3 Å². The second-order valence-electron chi connectivity index (χ2n) is 7.56. The molecule has 8 nitrogen and oxygen atoms in total. The van der Waals surface area contributed by atoms with Crippen molar-refractivity contribution in [3.8, 4) is 0 Å². The Morgan fingerprint density at radius 2 is 1.50 bits per heavy atom. The molecule has 1 saturated heterocycles. The van der Waals surface area contributed by atoms with Crippen molar-refractivity contribution >= 4 is 23.4 Å². The first-order valence-electron chi connectivity index (χ1n) is 9.96. The number of imide groups is 1. The predicted octanol–water partition coefficient (Wildman–Crippen LogP) is 2.81. The van der Waals surface area contributed by atoms with E-state index in [4.69, 9.17) is 0 Å². The first kappa shape index (κ1) is 19.8. The molecule has 0 saturated carbocycles. The largest absolute Gasteiger partial charge is 0.341 e. The minimum Gasteiger partial charge on any atom is -0.341 e. The smallest absolute Gasteiger partial charge is 0.269 e. The Morgan fingerprint density at radius 3 is 2.03 bits per heavy atom. The second-order valence-corrected chi connectivity index (χ2v) is 7.56. The molecule has 0 N–H and O–H groups in total. The average Bonchev–Trinajstić information content (AvgIpc) is 3.03. The average molecular weight is 407 g/mol. The van der Waals surface area contributed by atoms with Crippen LogP contribution in [0.25, 0.3) is 0 Å². The number of rotatable bonds is 5. The molecule has 0 bridgehead atoms. The lowest BCUT2D eigenvalue weighted by molar-refractivity contribution is -0.384. The molecule has 2 heterocycles. The number of likely N-dealkylation sites (tertiary alicyclic amines) is 1. The molecular formula is C22H21N3O5. The van der Waals surface area contributed by atoms with E-state index in [2.05, 4.69) is 0 Å². The number of carbonyl (C=O) groups is 3. The van der Waals surface area contributed by atoms with Crippen LogP contribution < -0.4 is 0 Å². The molecule has 1 fully saturated rings. The Bertz CT molecular complexity index is 977. The molecule has 30 heavy (non-hydrogen) atoms. The van der Waals surface area contributed by atoms with E-state index in [9.17, 15) is 24.5 Å². The second kappa shape index (κ2) is 8.06. The number of amides is 3. The number of nitro groups is 1. The topological polar surface area (TPSA) is 101 Å². The molecule has 0 unspecified atom stereocenters. The number of nitrogens with zero attached hydrogens (tertiary/aromatic N) is 3. The molecule has 8 heteroatoms. The van der Waals surface area contributed by atoms with Crippen LogP contribution in [-0.2, 0) is 11.2 Å². The summed E-state index contributed by atoms with van der Waals surface area (Å²) in [6.45, 7) is 1.19. The van der Waals surface area contributed by atoms with Crippen molar-refractivity contribution in [2.45, 2.75) is 31.7 Å². The Kier molecular flexibility index (Phi) is 5.31. The summed E-state index contributed by atoms with van der Waals surface area (Å²) in [5.74, 6) is -1.22. The highest BCUT2D eigenvalue weighted by atomic mass is 16.6. The van der Waals surface area contributed by atoms with Gasteiger partial charge in [0.25, 0.3) is 17.5 Å². The van der Waals surface area contributed by atoms with E-state index in [0.717, 1.165) is 24.2 Å². The number of hydrogen-bond acceptors (Lipinski definition) is 5. The summed E-state index contributed by atoms with van der Waals surface area (Å²) in [6, 6.07) is 11.4. The number of fused-ring (bicyclic) bond motifs is 1. The van der Waals surface area contributed by atoms with Gasteiger partial charge in [0.05, 0.1) is 16.1 Å². The summed E-state index contributed by atoms with van der Waals surface area (Å²) in [4.78, 5) is 52.6. The summed E-state index contributed by atoms with van der Waals surface area (Å²) in [5.41, 5.74) is 1.18. The molecule has 2 aromatic carbocycles. The van der Waals surface area contributed by atoms with Gasteiger partial charge in [-0.1, -0.05) is 24.3 Å². The fourth-order valence-electron chi connectivity index (χ4n) is 4.08. The maximum atomic E-state index is 13.4. The van der Waals surface area contributed by atoms with E-state index >= 15 is 0 Å². The first-order valence-corrected chi connectivity index (χ1v) is 9.96. The molecule has 0 radical (unpaired) electrons. The van der Waals surface area contributed by atoms with Crippen LogP contribution in [-0.4, -0.2) is 51.6 Å². The molecule has 4 rings (SSSR count). The predicted molar refractivity (Wildman–Crippen MR) is 108 cm³/mol. The molecule has 0 aliphatic carbocycles. The van der Waals surface area contributed by atoms with Crippen LogP contribution >= 0.6 is 0 Å². The van der Waals surface area contributed by atoms with E-state index in [1.807, 2.05) is 0 Å². The van der Waals surface area contributed by atoms with Crippen molar-refractivity contribution in [3.05, 3.63) is 75.3 Å². The molecule has 0 aromatic heterocycles. The zero-order chi connectivity index (χ0) is 21.3. The number of benzene rings is 2. The van der Waals surface area contributed by atoms with Crippen LogP contribution in [0.3, 0.4) is 0 Å². The summed E-state index contributed by atoms with van der Waals surface area (Å²) < 4.78 is 0. The summed E-state index contributed by atoms with van der Waals surface area (Å²) in [6.07, 6.45) is 2.93. The van der Waals surface area contributed by atoms with Crippen LogP contribution in [0.2, 0.25) is 0 Å². The first-order chi connectivity index (χ1) is 14.5. The summed E-state index contributed by atoms with van der Waals surface area (Å²) in [7, 11) is 0. The summed E-state index contributed by atoms with van der Waals surface area (Å²) >= 11 is 0. The lowest BCUT2D eigenvalue weighted by atomic mass is 10.0. The molecule has 2 aromatic rings. The van der Waals surface area contributed by atoms with Crippen LogP contribution in [0.4, 0.5) is 5.69 Å². The monoisotopic (exact) mass is 407 g/mol. The Morgan fingerprint density at radius 1 is 0.933 bits per heavy atom. The van der Waals surface area contributed by atoms with E-state index in [1.165, 1.54) is 12.1 Å². The Balaban J connectivity index is 1.67. The van der Waals surface area contributed by atoms with Gasteiger partial charge in [0.1, 0.15) is 6.04 Å². The highest BCUT2D eigenvalue weighted by molar-refractivity contribution is 6.22. The third-order valence-corrected chi connectivity index (χ3v) is 5.67. The Hall–Kier alpha value is -3.55. The molecular weight excluding hydrogens is 386 g/mol. The third kappa shape index (κ3) is 3.56. The van der Waals surface area contributed by atoms with Crippen molar-refractivity contribution in [1.29, 1.82) is 0 Å². The van der Waals surface area contributed by atoms with Crippen LogP contribution in [0.1, 0.15) is 45.5 Å². The third-order valence-electron chi connectivity index (χ3n) is 5.67. The van der Waals surface area contributed by atoms with E-state index in [-0.39, 0.29) is 18.0 Å². The normalized spacial score (nSPS) is 17.1. The Labute approximate surface area is 173 Å². The number of nitro benzene ring substituents is 1. The van der Waals surface area contributed by atoms with Crippen LogP contribution in [0, 0.1) is 10.1 Å². The van der Waals surface area contributed by atoms with Gasteiger partial charge in [-0.05, 0) is 37.0 Å². The number of carbonyl (C=O) groups excluding carboxylic acids is 3. The number of hydrogen-bond donors (Lipinski definition) is 0. The zero-order valence-corrected chi connectivity index (χ0v) is 16.3. The molecule has 2 aliphatic heterocycles. The molecule has 2 aliphatic rings. The quantitative estimate of drug-likeness (QED) is 0.431. The maximum absolute atomic E-state index is 13.4. The highest BCUT2D eigenvalue weighted by Gasteiger charge is 2.43. The fraction of sp³-hybridized carbons (Fsp3) is 0.318. The van der Waals surface area contributed by atoms with E-state index in [1.54, 1.807) is 41.3 Å². The van der Waals surface area contributed by atoms with Gasteiger partial charge in [-0.25, -0.2) is 0 Å². The molecule has 154 valence electrons. The van der Waals surface area contributed by atoms with Gasteiger partial charge in [0, 0.05) is 31.6 Å². The molecule has 1 atom stereocenters. The maximum Gasteiger partial charge on any atom is 0.269 e. The number of piperidine rings is 1. The summed E-state index contributed by atoms with van der Waals surface area (Å²) in [5, 5.41) is 10.9. The van der Waals surface area contributed by atoms with E-state index < -0.39 is 22.8 Å². The van der Waals surface area contributed by atoms with Crippen molar-refractivity contribution in [2.75, 3.05) is 13.1 Å². The minimum absolute atomic E-state index is 0.0570. The van der Waals surface area contributed by atoms with Gasteiger partial charge < -0.3 is 4.90 Å². The van der Waals surface area contributed by atoms with Crippen LogP contribution in [0.15, 0.2) is 48.5 Å². The highest BCUT2D eigenvalue weighted by Crippen LogP contribution is 2.28. The number of non-ortho nitro benzene ring substituents is 1. The van der Waals surface area contributed by atoms with Gasteiger partial charge in [-0.3, -0.25) is 29.4 Å².